The largest absolute Gasteiger partial charge is 0.377 e. The number of ether oxygens (including phenoxy) is 1. The quantitative estimate of drug-likeness (QED) is 0.871. The lowest BCUT2D eigenvalue weighted by molar-refractivity contribution is -0.193. The van der Waals surface area contributed by atoms with Crippen LogP contribution in [0.4, 0.5) is 0 Å². The van der Waals surface area contributed by atoms with Gasteiger partial charge in [0.2, 0.25) is 0 Å². The maximum absolute atomic E-state index is 5.89. The number of fused-ring (bicyclic) bond motifs is 1. The van der Waals surface area contributed by atoms with Crippen molar-refractivity contribution in [3.8, 4) is 0 Å². The number of aromatic nitrogens is 1. The average Bonchev–Trinajstić information content (AvgIpc) is 2.82. The van der Waals surface area contributed by atoms with E-state index >= 15 is 0 Å². The van der Waals surface area contributed by atoms with Crippen LogP contribution in [0.5, 0.6) is 0 Å². The molecular formula is C13H20N2O2. The maximum Gasteiger partial charge on any atom is 0.124 e. The first kappa shape index (κ1) is 11.2. The molecule has 0 spiro atoms. The predicted molar refractivity (Wildman–Crippen MR) is 63.4 cm³/mol. The highest BCUT2D eigenvalue weighted by Gasteiger charge is 2.57. The van der Waals surface area contributed by atoms with E-state index in [4.69, 9.17) is 9.26 Å². The summed E-state index contributed by atoms with van der Waals surface area (Å²) in [6.07, 6.45) is 4.53. The zero-order chi connectivity index (χ0) is 11.9. The average molecular weight is 236 g/mol. The van der Waals surface area contributed by atoms with Gasteiger partial charge in [-0.3, -0.25) is 0 Å². The zero-order valence-electron chi connectivity index (χ0n) is 10.5. The minimum atomic E-state index is 0.231. The summed E-state index contributed by atoms with van der Waals surface area (Å²) in [5.41, 5.74) is 1.20. The number of rotatable bonds is 3. The van der Waals surface area contributed by atoms with Crippen LogP contribution in [0.1, 0.15) is 32.4 Å². The van der Waals surface area contributed by atoms with Gasteiger partial charge in [-0.25, -0.2) is 0 Å². The summed E-state index contributed by atoms with van der Waals surface area (Å²) >= 11 is 0. The van der Waals surface area contributed by atoms with Crippen molar-refractivity contribution < 1.29 is 9.26 Å². The standard InChI is InChI=1S/C13H20N2O2/c1-13(2)11(10-4-3-6-16-12(10)13)14-8-9-5-7-17-15-9/h5,7,10-12,14H,3-4,6,8H2,1-2H3. The van der Waals surface area contributed by atoms with Crippen molar-refractivity contribution in [3.63, 3.8) is 0 Å². The van der Waals surface area contributed by atoms with Crippen molar-refractivity contribution in [1.29, 1.82) is 0 Å². The highest BCUT2D eigenvalue weighted by atomic mass is 16.5. The van der Waals surface area contributed by atoms with Gasteiger partial charge < -0.3 is 14.6 Å². The fourth-order valence-electron chi connectivity index (χ4n) is 3.48. The zero-order valence-corrected chi connectivity index (χ0v) is 10.5. The van der Waals surface area contributed by atoms with Gasteiger partial charge in [0.25, 0.3) is 0 Å². The van der Waals surface area contributed by atoms with E-state index in [2.05, 4.69) is 24.3 Å². The number of nitrogens with one attached hydrogen (secondary N) is 1. The van der Waals surface area contributed by atoms with Crippen LogP contribution in [0.15, 0.2) is 16.9 Å². The first-order valence-electron chi connectivity index (χ1n) is 6.44. The summed E-state index contributed by atoms with van der Waals surface area (Å²) in [5, 5.41) is 7.54. The first-order chi connectivity index (χ1) is 8.19. The Kier molecular flexibility index (Phi) is 2.71. The van der Waals surface area contributed by atoms with Gasteiger partial charge >= 0.3 is 0 Å². The summed E-state index contributed by atoms with van der Waals surface area (Å²) in [7, 11) is 0. The summed E-state index contributed by atoms with van der Waals surface area (Å²) in [5.74, 6) is 0.672. The molecule has 0 amide bonds. The van der Waals surface area contributed by atoms with Crippen LogP contribution < -0.4 is 5.32 Å². The minimum Gasteiger partial charge on any atom is -0.377 e. The van der Waals surface area contributed by atoms with E-state index in [-0.39, 0.29) is 5.41 Å². The molecule has 2 aliphatic rings. The molecule has 0 bridgehead atoms. The Morgan fingerprint density at radius 3 is 3.18 bits per heavy atom. The Bertz CT molecular complexity index is 375. The lowest BCUT2D eigenvalue weighted by Gasteiger charge is -2.60. The van der Waals surface area contributed by atoms with E-state index in [1.54, 1.807) is 6.26 Å². The summed E-state index contributed by atoms with van der Waals surface area (Å²) < 4.78 is 10.7. The highest BCUT2D eigenvalue weighted by Crippen LogP contribution is 2.51. The minimum absolute atomic E-state index is 0.231. The SMILES string of the molecule is CC1(C)C(NCc2ccon2)C2CCCOC21. The molecule has 17 heavy (non-hydrogen) atoms. The van der Waals surface area contributed by atoms with E-state index in [0.717, 1.165) is 18.8 Å². The van der Waals surface area contributed by atoms with Crippen LogP contribution in [0, 0.1) is 11.3 Å². The van der Waals surface area contributed by atoms with E-state index < -0.39 is 0 Å². The van der Waals surface area contributed by atoms with E-state index in [0.29, 0.717) is 18.1 Å². The Labute approximate surface area is 102 Å². The monoisotopic (exact) mass is 236 g/mol. The fraction of sp³-hybridized carbons (Fsp3) is 0.769. The van der Waals surface area contributed by atoms with Gasteiger partial charge in [0.05, 0.1) is 11.8 Å². The van der Waals surface area contributed by atoms with Gasteiger partial charge in [0.1, 0.15) is 6.26 Å². The Hall–Kier alpha value is -0.870. The van der Waals surface area contributed by atoms with Crippen molar-refractivity contribution in [2.24, 2.45) is 11.3 Å². The van der Waals surface area contributed by atoms with Gasteiger partial charge in [-0.15, -0.1) is 0 Å². The predicted octanol–water partition coefficient (Wildman–Crippen LogP) is 1.97. The molecule has 3 atom stereocenters. The Balaban J connectivity index is 1.62. The van der Waals surface area contributed by atoms with Crippen molar-refractivity contribution in [2.45, 2.75) is 45.4 Å². The normalized spacial score (nSPS) is 35.1. The van der Waals surface area contributed by atoms with Gasteiger partial charge in [-0.2, -0.15) is 0 Å². The third-order valence-corrected chi connectivity index (χ3v) is 4.33. The third-order valence-electron chi connectivity index (χ3n) is 4.33. The second-order valence-corrected chi connectivity index (χ2v) is 5.77. The summed E-state index contributed by atoms with van der Waals surface area (Å²) in [4.78, 5) is 0. The molecule has 2 fully saturated rings. The van der Waals surface area contributed by atoms with Crippen LogP contribution in [0.2, 0.25) is 0 Å². The lowest BCUT2D eigenvalue weighted by Crippen LogP contribution is -2.69. The smallest absolute Gasteiger partial charge is 0.124 e. The van der Waals surface area contributed by atoms with Crippen LogP contribution in [-0.2, 0) is 11.3 Å². The molecule has 1 aromatic heterocycles. The molecule has 94 valence electrons. The van der Waals surface area contributed by atoms with Crippen LogP contribution in [0.3, 0.4) is 0 Å². The topological polar surface area (TPSA) is 47.3 Å². The molecule has 4 heteroatoms. The number of hydrogen-bond acceptors (Lipinski definition) is 4. The second-order valence-electron chi connectivity index (χ2n) is 5.77. The van der Waals surface area contributed by atoms with Crippen LogP contribution >= 0.6 is 0 Å². The van der Waals surface area contributed by atoms with Crippen molar-refractivity contribution in [1.82, 2.24) is 10.5 Å². The number of nitrogens with zero attached hydrogens (tertiary/aromatic N) is 1. The first-order valence-corrected chi connectivity index (χ1v) is 6.44. The molecule has 1 aromatic rings. The van der Waals surface area contributed by atoms with Gasteiger partial charge in [-0.1, -0.05) is 19.0 Å². The maximum atomic E-state index is 5.89. The summed E-state index contributed by atoms with van der Waals surface area (Å²) in [6.45, 7) is 6.30. The van der Waals surface area contributed by atoms with Gasteiger partial charge in [0, 0.05) is 36.6 Å². The lowest BCUT2D eigenvalue weighted by atomic mass is 9.55. The van der Waals surface area contributed by atoms with Crippen molar-refractivity contribution in [3.05, 3.63) is 18.0 Å². The van der Waals surface area contributed by atoms with Crippen LogP contribution in [-0.4, -0.2) is 23.9 Å². The molecule has 2 heterocycles. The fourth-order valence-corrected chi connectivity index (χ4v) is 3.48. The molecule has 4 nitrogen and oxygen atoms in total. The molecule has 0 radical (unpaired) electrons. The Morgan fingerprint density at radius 1 is 1.53 bits per heavy atom. The van der Waals surface area contributed by atoms with Crippen molar-refractivity contribution >= 4 is 0 Å². The van der Waals surface area contributed by atoms with Gasteiger partial charge in [0.15, 0.2) is 0 Å². The summed E-state index contributed by atoms with van der Waals surface area (Å²) in [6, 6.07) is 2.44. The Morgan fingerprint density at radius 2 is 2.41 bits per heavy atom. The highest BCUT2D eigenvalue weighted by molar-refractivity contribution is 5.11. The second kappa shape index (κ2) is 4.10. The molecule has 1 N–H and O–H groups in total. The molecule has 3 rings (SSSR count). The van der Waals surface area contributed by atoms with Gasteiger partial charge in [-0.05, 0) is 12.8 Å². The molecule has 1 aliphatic carbocycles. The van der Waals surface area contributed by atoms with E-state index in [1.165, 1.54) is 12.8 Å². The number of hydrogen-bond donors (Lipinski definition) is 1. The van der Waals surface area contributed by atoms with Crippen molar-refractivity contribution in [2.75, 3.05) is 6.61 Å². The molecule has 3 unspecified atom stereocenters. The molecule has 1 saturated heterocycles. The molecular weight excluding hydrogens is 216 g/mol. The van der Waals surface area contributed by atoms with E-state index in [9.17, 15) is 0 Å². The third kappa shape index (κ3) is 1.79. The molecule has 1 aliphatic heterocycles. The van der Waals surface area contributed by atoms with E-state index in [1.807, 2.05) is 6.07 Å². The van der Waals surface area contributed by atoms with Crippen LogP contribution in [0.25, 0.3) is 0 Å². The molecule has 0 aromatic carbocycles. The molecule has 1 saturated carbocycles.